The molecule has 0 aromatic heterocycles. The molecule has 2 atom stereocenters. The Hall–Kier alpha value is -1.75. The van der Waals surface area contributed by atoms with Crippen molar-refractivity contribution in [1.82, 2.24) is 4.90 Å². The number of likely N-dealkylation sites (N-methyl/N-ethyl adjacent to an activating group) is 1. The van der Waals surface area contributed by atoms with Crippen molar-refractivity contribution in [3.05, 3.63) is 29.8 Å². The number of aliphatic hydroxyl groups is 1. The normalized spacial score (nSPS) is 23.9. The molecule has 2 N–H and O–H groups in total. The van der Waals surface area contributed by atoms with Gasteiger partial charge in [-0.2, -0.15) is 0 Å². The van der Waals surface area contributed by atoms with E-state index in [0.29, 0.717) is 6.42 Å². The molecule has 1 aromatic rings. The molecule has 0 saturated carbocycles. The first kappa shape index (κ1) is 11.7. The Morgan fingerprint density at radius 1 is 1.47 bits per heavy atom. The van der Waals surface area contributed by atoms with Crippen LogP contribution >= 0.6 is 0 Å². The van der Waals surface area contributed by atoms with Crippen molar-refractivity contribution < 1.29 is 19.7 Å². The third-order valence-corrected chi connectivity index (χ3v) is 3.00. The quantitative estimate of drug-likeness (QED) is 0.813. The molecule has 1 aromatic carbocycles. The van der Waals surface area contributed by atoms with E-state index in [-0.39, 0.29) is 24.5 Å². The van der Waals surface area contributed by atoms with Gasteiger partial charge in [-0.3, -0.25) is 0 Å². The molecular weight excluding hydrogens is 222 g/mol. The summed E-state index contributed by atoms with van der Waals surface area (Å²) in [5.74, 6) is 0.181. The topological polar surface area (TPSA) is 70.0 Å². The lowest BCUT2D eigenvalue weighted by molar-refractivity contribution is 0.118. The third-order valence-electron chi connectivity index (χ3n) is 3.00. The molecule has 0 bridgehead atoms. The van der Waals surface area contributed by atoms with E-state index >= 15 is 0 Å². The van der Waals surface area contributed by atoms with Gasteiger partial charge in [0.1, 0.15) is 11.9 Å². The minimum absolute atomic E-state index is 0.133. The predicted molar refractivity (Wildman–Crippen MR) is 60.7 cm³/mol. The van der Waals surface area contributed by atoms with Crippen LogP contribution in [0.25, 0.3) is 0 Å². The number of phenolic OH excluding ortho intramolecular Hbond substituents is 1. The number of cyclic esters (lactones) is 1. The molecule has 17 heavy (non-hydrogen) atoms. The maximum Gasteiger partial charge on any atom is 0.410 e. The van der Waals surface area contributed by atoms with Crippen LogP contribution in [-0.4, -0.2) is 47.0 Å². The van der Waals surface area contributed by atoms with Gasteiger partial charge in [-0.25, -0.2) is 4.79 Å². The minimum Gasteiger partial charge on any atom is -0.508 e. The van der Waals surface area contributed by atoms with Crippen molar-refractivity contribution in [3.63, 3.8) is 0 Å². The highest BCUT2D eigenvalue weighted by Gasteiger charge is 2.38. The number of hydrogen-bond acceptors (Lipinski definition) is 4. The van der Waals surface area contributed by atoms with Gasteiger partial charge in [0.15, 0.2) is 0 Å². The first-order valence-corrected chi connectivity index (χ1v) is 5.44. The molecule has 0 spiro atoms. The van der Waals surface area contributed by atoms with Crippen LogP contribution in [0.1, 0.15) is 5.56 Å². The SMILES string of the molecule is CN1C(=O)OC(Cc2cccc(O)c2)C1CO. The lowest BCUT2D eigenvalue weighted by Gasteiger charge is -2.18. The molecule has 2 rings (SSSR count). The maximum atomic E-state index is 11.4. The number of ether oxygens (including phenoxy) is 1. The summed E-state index contributed by atoms with van der Waals surface area (Å²) >= 11 is 0. The van der Waals surface area contributed by atoms with Gasteiger partial charge in [-0.15, -0.1) is 0 Å². The Labute approximate surface area is 99.2 Å². The van der Waals surface area contributed by atoms with Crippen LogP contribution < -0.4 is 0 Å². The van der Waals surface area contributed by atoms with E-state index in [4.69, 9.17) is 4.74 Å². The Morgan fingerprint density at radius 3 is 2.88 bits per heavy atom. The number of amides is 1. The Morgan fingerprint density at radius 2 is 2.24 bits per heavy atom. The molecule has 1 fully saturated rings. The Bertz CT molecular complexity index is 421. The zero-order chi connectivity index (χ0) is 12.4. The Balaban J connectivity index is 2.11. The molecule has 92 valence electrons. The van der Waals surface area contributed by atoms with Crippen LogP contribution in [0.3, 0.4) is 0 Å². The summed E-state index contributed by atoms with van der Waals surface area (Å²) in [7, 11) is 1.60. The van der Waals surface area contributed by atoms with Crippen LogP contribution in [0.15, 0.2) is 24.3 Å². The number of aromatic hydroxyl groups is 1. The zero-order valence-electron chi connectivity index (χ0n) is 9.54. The largest absolute Gasteiger partial charge is 0.508 e. The van der Waals surface area contributed by atoms with Gasteiger partial charge in [0.2, 0.25) is 0 Å². The van der Waals surface area contributed by atoms with Crippen molar-refractivity contribution >= 4 is 6.09 Å². The van der Waals surface area contributed by atoms with Crippen molar-refractivity contribution in [2.24, 2.45) is 0 Å². The molecule has 0 radical (unpaired) electrons. The van der Waals surface area contributed by atoms with Gasteiger partial charge in [0.25, 0.3) is 0 Å². The fraction of sp³-hybridized carbons (Fsp3) is 0.417. The van der Waals surface area contributed by atoms with Gasteiger partial charge in [-0.05, 0) is 17.7 Å². The van der Waals surface area contributed by atoms with Gasteiger partial charge in [-0.1, -0.05) is 12.1 Å². The lowest BCUT2D eigenvalue weighted by Crippen LogP contribution is -2.37. The molecule has 2 unspecified atom stereocenters. The minimum atomic E-state index is -0.422. The van der Waals surface area contributed by atoms with Crippen LogP contribution in [-0.2, 0) is 11.2 Å². The number of carbonyl (C=O) groups excluding carboxylic acids is 1. The highest BCUT2D eigenvalue weighted by Crippen LogP contribution is 2.22. The molecule has 1 heterocycles. The number of phenols is 1. The molecule has 5 heteroatoms. The maximum absolute atomic E-state index is 11.4. The fourth-order valence-corrected chi connectivity index (χ4v) is 2.01. The molecule has 1 aliphatic rings. The van der Waals surface area contributed by atoms with E-state index in [1.807, 2.05) is 6.07 Å². The molecule has 1 aliphatic heterocycles. The summed E-state index contributed by atoms with van der Waals surface area (Å²) < 4.78 is 5.17. The van der Waals surface area contributed by atoms with E-state index in [9.17, 15) is 15.0 Å². The number of carbonyl (C=O) groups is 1. The monoisotopic (exact) mass is 237 g/mol. The highest BCUT2D eigenvalue weighted by atomic mass is 16.6. The van der Waals surface area contributed by atoms with Crippen LogP contribution in [0, 0.1) is 0 Å². The second-order valence-electron chi connectivity index (χ2n) is 4.16. The van der Waals surface area contributed by atoms with Crippen molar-refractivity contribution in [3.8, 4) is 5.75 Å². The summed E-state index contributed by atoms with van der Waals surface area (Å²) in [6.07, 6.45) is -0.316. The van der Waals surface area contributed by atoms with Crippen molar-refractivity contribution in [1.29, 1.82) is 0 Å². The van der Waals surface area contributed by atoms with Gasteiger partial charge < -0.3 is 19.8 Å². The summed E-state index contributed by atoms with van der Waals surface area (Å²) in [5, 5.41) is 18.6. The van der Waals surface area contributed by atoms with E-state index < -0.39 is 6.09 Å². The van der Waals surface area contributed by atoms with E-state index in [2.05, 4.69) is 0 Å². The standard InChI is InChI=1S/C12H15NO4/c1-13-10(7-14)11(17-12(13)16)6-8-3-2-4-9(15)5-8/h2-5,10-11,14-15H,6-7H2,1H3. The van der Waals surface area contributed by atoms with Gasteiger partial charge in [0.05, 0.1) is 12.6 Å². The van der Waals surface area contributed by atoms with Gasteiger partial charge in [0, 0.05) is 13.5 Å². The van der Waals surface area contributed by atoms with E-state index in [1.54, 1.807) is 25.2 Å². The van der Waals surface area contributed by atoms with E-state index in [0.717, 1.165) is 5.56 Å². The molecule has 5 nitrogen and oxygen atoms in total. The zero-order valence-corrected chi connectivity index (χ0v) is 9.54. The summed E-state index contributed by atoms with van der Waals surface area (Å²) in [5.41, 5.74) is 0.872. The number of nitrogens with zero attached hydrogens (tertiary/aromatic N) is 1. The fourth-order valence-electron chi connectivity index (χ4n) is 2.01. The smallest absolute Gasteiger partial charge is 0.410 e. The molecular formula is C12H15NO4. The summed E-state index contributed by atoms with van der Waals surface area (Å²) in [6.45, 7) is -0.133. The number of benzene rings is 1. The second kappa shape index (κ2) is 4.63. The highest BCUT2D eigenvalue weighted by molar-refractivity contribution is 5.70. The third kappa shape index (κ3) is 2.34. The molecule has 1 saturated heterocycles. The second-order valence-corrected chi connectivity index (χ2v) is 4.16. The van der Waals surface area contributed by atoms with Crippen LogP contribution in [0.2, 0.25) is 0 Å². The number of hydrogen-bond donors (Lipinski definition) is 2. The average Bonchev–Trinajstić information content (AvgIpc) is 2.54. The first-order valence-electron chi connectivity index (χ1n) is 5.44. The Kier molecular flexibility index (Phi) is 3.19. The molecule has 1 amide bonds. The average molecular weight is 237 g/mol. The first-order chi connectivity index (χ1) is 8.11. The number of rotatable bonds is 3. The van der Waals surface area contributed by atoms with Crippen LogP contribution in [0.5, 0.6) is 5.75 Å². The van der Waals surface area contributed by atoms with Crippen molar-refractivity contribution in [2.45, 2.75) is 18.6 Å². The molecule has 0 aliphatic carbocycles. The number of aliphatic hydroxyl groups excluding tert-OH is 1. The van der Waals surface area contributed by atoms with E-state index in [1.165, 1.54) is 4.90 Å². The van der Waals surface area contributed by atoms with Gasteiger partial charge >= 0.3 is 6.09 Å². The predicted octanol–water partition coefficient (Wildman–Crippen LogP) is 0.746. The van der Waals surface area contributed by atoms with Crippen LogP contribution in [0.4, 0.5) is 4.79 Å². The summed E-state index contributed by atoms with van der Waals surface area (Å²) in [6, 6.07) is 6.46. The summed E-state index contributed by atoms with van der Waals surface area (Å²) in [4.78, 5) is 12.8. The van der Waals surface area contributed by atoms with Crippen molar-refractivity contribution in [2.75, 3.05) is 13.7 Å². The lowest BCUT2D eigenvalue weighted by atomic mass is 10.0.